The Morgan fingerprint density at radius 2 is 2.31 bits per heavy atom. The highest BCUT2D eigenvalue weighted by molar-refractivity contribution is 5.66. The summed E-state index contributed by atoms with van der Waals surface area (Å²) < 4.78 is 5.54. The number of carbonyl (C=O) groups excluding carboxylic acids is 1. The SMILES string of the molecule is CCC1(OC(C)=O)CC2CCC1C2. The Morgan fingerprint density at radius 3 is 2.69 bits per heavy atom. The van der Waals surface area contributed by atoms with Gasteiger partial charge in [0, 0.05) is 6.92 Å². The van der Waals surface area contributed by atoms with Crippen molar-refractivity contribution in [1.29, 1.82) is 0 Å². The molecular weight excluding hydrogens is 164 g/mol. The Morgan fingerprint density at radius 1 is 1.54 bits per heavy atom. The zero-order valence-corrected chi connectivity index (χ0v) is 8.51. The van der Waals surface area contributed by atoms with Gasteiger partial charge in [0.2, 0.25) is 0 Å². The van der Waals surface area contributed by atoms with E-state index in [0.717, 1.165) is 18.8 Å². The lowest BCUT2D eigenvalue weighted by Crippen LogP contribution is -2.39. The molecular formula is C11H18O2. The predicted octanol–water partition coefficient (Wildman–Crippen LogP) is 2.52. The number of fused-ring (bicyclic) bond motifs is 2. The molecule has 74 valence electrons. The van der Waals surface area contributed by atoms with Gasteiger partial charge in [0.1, 0.15) is 5.60 Å². The first kappa shape index (κ1) is 9.04. The average molecular weight is 182 g/mol. The molecule has 0 heterocycles. The highest BCUT2D eigenvalue weighted by atomic mass is 16.6. The summed E-state index contributed by atoms with van der Waals surface area (Å²) in [4.78, 5) is 11.0. The molecule has 0 aliphatic heterocycles. The van der Waals surface area contributed by atoms with Crippen LogP contribution in [0.3, 0.4) is 0 Å². The van der Waals surface area contributed by atoms with Gasteiger partial charge < -0.3 is 4.74 Å². The smallest absolute Gasteiger partial charge is 0.303 e. The maximum atomic E-state index is 11.0. The number of rotatable bonds is 2. The van der Waals surface area contributed by atoms with Gasteiger partial charge in [-0.05, 0) is 43.9 Å². The van der Waals surface area contributed by atoms with Crippen LogP contribution in [0.15, 0.2) is 0 Å². The third-order valence-electron chi connectivity index (χ3n) is 3.86. The van der Waals surface area contributed by atoms with Crippen LogP contribution < -0.4 is 0 Å². The van der Waals surface area contributed by atoms with Crippen molar-refractivity contribution in [3.05, 3.63) is 0 Å². The van der Waals surface area contributed by atoms with Crippen LogP contribution in [0.5, 0.6) is 0 Å². The van der Waals surface area contributed by atoms with Gasteiger partial charge in [-0.15, -0.1) is 0 Å². The minimum absolute atomic E-state index is 0.0747. The number of carbonyl (C=O) groups is 1. The summed E-state index contributed by atoms with van der Waals surface area (Å²) in [5, 5.41) is 0. The summed E-state index contributed by atoms with van der Waals surface area (Å²) in [5.74, 6) is 1.39. The van der Waals surface area contributed by atoms with Crippen molar-refractivity contribution in [2.45, 2.75) is 51.6 Å². The van der Waals surface area contributed by atoms with Gasteiger partial charge in [-0.25, -0.2) is 0 Å². The fourth-order valence-corrected chi connectivity index (χ4v) is 3.31. The van der Waals surface area contributed by atoms with Crippen LogP contribution in [0.1, 0.15) is 46.0 Å². The second-order valence-corrected chi connectivity index (χ2v) is 4.59. The number of hydrogen-bond acceptors (Lipinski definition) is 2. The Hall–Kier alpha value is -0.530. The molecule has 0 aromatic carbocycles. The monoisotopic (exact) mass is 182 g/mol. The molecule has 3 atom stereocenters. The maximum Gasteiger partial charge on any atom is 0.303 e. The van der Waals surface area contributed by atoms with E-state index in [9.17, 15) is 4.79 Å². The van der Waals surface area contributed by atoms with E-state index in [1.807, 2.05) is 0 Å². The fraction of sp³-hybridized carbons (Fsp3) is 0.909. The summed E-state index contributed by atoms with van der Waals surface area (Å²) in [6.45, 7) is 3.67. The van der Waals surface area contributed by atoms with Gasteiger partial charge in [0.15, 0.2) is 0 Å². The molecule has 0 saturated heterocycles. The first-order valence-corrected chi connectivity index (χ1v) is 5.36. The number of esters is 1. The summed E-state index contributed by atoms with van der Waals surface area (Å²) >= 11 is 0. The highest BCUT2D eigenvalue weighted by Crippen LogP contribution is 2.53. The molecule has 13 heavy (non-hydrogen) atoms. The summed E-state index contributed by atoms with van der Waals surface area (Å²) in [6.07, 6.45) is 6.03. The molecule has 2 rings (SSSR count). The van der Waals surface area contributed by atoms with Crippen molar-refractivity contribution < 1.29 is 9.53 Å². The van der Waals surface area contributed by atoms with Crippen molar-refractivity contribution in [3.8, 4) is 0 Å². The molecule has 0 spiro atoms. The van der Waals surface area contributed by atoms with E-state index >= 15 is 0 Å². The van der Waals surface area contributed by atoms with E-state index in [0.29, 0.717) is 5.92 Å². The molecule has 0 aromatic rings. The number of hydrogen-bond donors (Lipinski definition) is 0. The van der Waals surface area contributed by atoms with Crippen molar-refractivity contribution in [2.24, 2.45) is 11.8 Å². The van der Waals surface area contributed by atoms with Gasteiger partial charge in [-0.3, -0.25) is 4.79 Å². The molecule has 0 amide bonds. The Balaban J connectivity index is 2.12. The molecule has 2 fully saturated rings. The first-order chi connectivity index (χ1) is 6.16. The Kier molecular flexibility index (Phi) is 2.09. The average Bonchev–Trinajstić information content (AvgIpc) is 2.62. The summed E-state index contributed by atoms with van der Waals surface area (Å²) in [6, 6.07) is 0. The van der Waals surface area contributed by atoms with Gasteiger partial charge in [-0.2, -0.15) is 0 Å². The van der Waals surface area contributed by atoms with Crippen LogP contribution >= 0.6 is 0 Å². The first-order valence-electron chi connectivity index (χ1n) is 5.36. The van der Waals surface area contributed by atoms with E-state index in [2.05, 4.69) is 6.92 Å². The number of ether oxygens (including phenoxy) is 1. The van der Waals surface area contributed by atoms with E-state index in [1.165, 1.54) is 26.2 Å². The third-order valence-corrected chi connectivity index (χ3v) is 3.86. The maximum absolute atomic E-state index is 11.0. The van der Waals surface area contributed by atoms with E-state index in [4.69, 9.17) is 4.74 Å². The lowest BCUT2D eigenvalue weighted by molar-refractivity contribution is -0.163. The van der Waals surface area contributed by atoms with Crippen molar-refractivity contribution in [2.75, 3.05) is 0 Å². The van der Waals surface area contributed by atoms with Crippen molar-refractivity contribution in [3.63, 3.8) is 0 Å². The second-order valence-electron chi connectivity index (χ2n) is 4.59. The molecule has 2 heteroatoms. The van der Waals surface area contributed by atoms with Crippen LogP contribution in [-0.2, 0) is 9.53 Å². The molecule has 0 N–H and O–H groups in total. The Labute approximate surface area is 79.7 Å². The standard InChI is InChI=1S/C11H18O2/c1-3-11(13-8(2)12)7-9-4-5-10(11)6-9/h9-10H,3-7H2,1-2H3. The quantitative estimate of drug-likeness (QED) is 0.613. The Bertz CT molecular complexity index is 224. The molecule has 0 aromatic heterocycles. The van der Waals surface area contributed by atoms with Crippen LogP contribution in [0.4, 0.5) is 0 Å². The summed E-state index contributed by atoms with van der Waals surface area (Å²) in [5.41, 5.74) is -0.0747. The zero-order valence-electron chi connectivity index (χ0n) is 8.51. The van der Waals surface area contributed by atoms with Crippen LogP contribution in [0.25, 0.3) is 0 Å². The van der Waals surface area contributed by atoms with Gasteiger partial charge >= 0.3 is 5.97 Å². The molecule has 3 unspecified atom stereocenters. The predicted molar refractivity (Wildman–Crippen MR) is 50.2 cm³/mol. The molecule has 2 aliphatic carbocycles. The van der Waals surface area contributed by atoms with Crippen LogP contribution in [0, 0.1) is 11.8 Å². The second kappa shape index (κ2) is 3.00. The molecule has 0 radical (unpaired) electrons. The van der Waals surface area contributed by atoms with E-state index < -0.39 is 0 Å². The van der Waals surface area contributed by atoms with Crippen molar-refractivity contribution >= 4 is 5.97 Å². The third kappa shape index (κ3) is 1.36. The van der Waals surface area contributed by atoms with Crippen LogP contribution in [-0.4, -0.2) is 11.6 Å². The highest BCUT2D eigenvalue weighted by Gasteiger charge is 2.52. The van der Waals surface area contributed by atoms with Gasteiger partial charge in [0.05, 0.1) is 0 Å². The fourth-order valence-electron chi connectivity index (χ4n) is 3.31. The molecule has 2 nitrogen and oxygen atoms in total. The lowest BCUT2D eigenvalue weighted by Gasteiger charge is -2.36. The van der Waals surface area contributed by atoms with Gasteiger partial charge in [0.25, 0.3) is 0 Å². The zero-order chi connectivity index (χ0) is 9.47. The van der Waals surface area contributed by atoms with E-state index in [-0.39, 0.29) is 11.6 Å². The normalized spacial score (nSPS) is 42.3. The molecule has 2 bridgehead atoms. The molecule has 2 aliphatic rings. The summed E-state index contributed by atoms with van der Waals surface area (Å²) in [7, 11) is 0. The van der Waals surface area contributed by atoms with Crippen molar-refractivity contribution in [1.82, 2.24) is 0 Å². The topological polar surface area (TPSA) is 26.3 Å². The lowest BCUT2D eigenvalue weighted by atomic mass is 9.82. The van der Waals surface area contributed by atoms with E-state index in [1.54, 1.807) is 0 Å². The van der Waals surface area contributed by atoms with Gasteiger partial charge in [-0.1, -0.05) is 6.92 Å². The molecule has 2 saturated carbocycles. The minimum atomic E-state index is -0.102. The van der Waals surface area contributed by atoms with Crippen LogP contribution in [0.2, 0.25) is 0 Å². The minimum Gasteiger partial charge on any atom is -0.459 e. The largest absolute Gasteiger partial charge is 0.459 e.